The first-order chi connectivity index (χ1) is 8.08. The van der Waals surface area contributed by atoms with Crippen LogP contribution in [0.15, 0.2) is 24.3 Å². The second kappa shape index (κ2) is 4.98. The van der Waals surface area contributed by atoms with E-state index in [0.29, 0.717) is 11.4 Å². The monoisotopic (exact) mass is 265 g/mol. The Morgan fingerprint density at radius 1 is 1.53 bits per heavy atom. The lowest BCUT2D eigenvalue weighted by atomic mass is 10.2. The summed E-state index contributed by atoms with van der Waals surface area (Å²) in [5.41, 5.74) is 6.62. The van der Waals surface area contributed by atoms with Gasteiger partial charge in [-0.3, -0.25) is 0 Å². The summed E-state index contributed by atoms with van der Waals surface area (Å²) in [6, 6.07) is 8.42. The molecular weight excluding hydrogens is 250 g/mol. The number of benzene rings is 1. The SMILES string of the molecule is CC(CC(N)=S)N(C)c1nc2ccccc2s1. The highest BCUT2D eigenvalue weighted by Gasteiger charge is 2.14. The van der Waals surface area contributed by atoms with Crippen molar-refractivity contribution < 1.29 is 0 Å². The van der Waals surface area contributed by atoms with Crippen LogP contribution in [0, 0.1) is 0 Å². The number of anilines is 1. The molecule has 0 saturated heterocycles. The number of hydrogen-bond acceptors (Lipinski definition) is 4. The van der Waals surface area contributed by atoms with E-state index >= 15 is 0 Å². The first kappa shape index (κ1) is 12.3. The zero-order valence-corrected chi connectivity index (χ0v) is 11.5. The van der Waals surface area contributed by atoms with E-state index in [2.05, 4.69) is 22.9 Å². The molecule has 1 atom stereocenters. The minimum absolute atomic E-state index is 0.271. The molecule has 2 N–H and O–H groups in total. The van der Waals surface area contributed by atoms with Gasteiger partial charge in [-0.05, 0) is 19.1 Å². The standard InChI is InChI=1S/C12H15N3S2/c1-8(7-11(13)16)15(2)12-14-9-5-3-4-6-10(9)17-12/h3-6,8H,7H2,1-2H3,(H2,13,16). The van der Waals surface area contributed by atoms with Crippen molar-refractivity contribution in [1.82, 2.24) is 4.98 Å². The molecule has 2 aromatic rings. The Morgan fingerprint density at radius 3 is 2.88 bits per heavy atom. The third-order valence-corrected chi connectivity index (χ3v) is 4.04. The number of thiocarbonyl (C=S) groups is 1. The zero-order valence-electron chi connectivity index (χ0n) is 9.88. The third-order valence-electron chi connectivity index (χ3n) is 2.74. The van der Waals surface area contributed by atoms with Crippen LogP contribution in [0.4, 0.5) is 5.13 Å². The largest absolute Gasteiger partial charge is 0.393 e. The van der Waals surface area contributed by atoms with Gasteiger partial charge in [-0.15, -0.1) is 0 Å². The summed E-state index contributed by atoms with van der Waals surface area (Å²) < 4.78 is 1.21. The predicted octanol–water partition coefficient (Wildman–Crippen LogP) is 2.80. The Hall–Kier alpha value is -1.20. The van der Waals surface area contributed by atoms with E-state index in [9.17, 15) is 0 Å². The van der Waals surface area contributed by atoms with Crippen LogP contribution < -0.4 is 10.6 Å². The minimum atomic E-state index is 0.271. The number of thiazole rings is 1. The molecule has 0 aliphatic rings. The van der Waals surface area contributed by atoms with Gasteiger partial charge in [0.25, 0.3) is 0 Å². The smallest absolute Gasteiger partial charge is 0.186 e. The Bertz CT molecular complexity index is 502. The lowest BCUT2D eigenvalue weighted by Crippen LogP contribution is -2.32. The molecule has 0 bridgehead atoms. The molecular formula is C12H15N3S2. The lowest BCUT2D eigenvalue weighted by molar-refractivity contribution is 0.713. The molecule has 3 nitrogen and oxygen atoms in total. The second-order valence-corrected chi connectivity index (χ2v) is 5.63. The summed E-state index contributed by atoms with van der Waals surface area (Å²) in [4.78, 5) is 7.28. The molecule has 0 fully saturated rings. The highest BCUT2D eigenvalue weighted by molar-refractivity contribution is 7.80. The van der Waals surface area contributed by atoms with Crippen LogP contribution in [0.1, 0.15) is 13.3 Å². The molecule has 0 radical (unpaired) electrons. The molecule has 1 heterocycles. The zero-order chi connectivity index (χ0) is 12.4. The first-order valence-corrected chi connectivity index (χ1v) is 6.67. The average molecular weight is 265 g/mol. The van der Waals surface area contributed by atoms with Gasteiger partial charge in [-0.25, -0.2) is 4.98 Å². The molecule has 1 aromatic heterocycles. The van der Waals surface area contributed by atoms with Gasteiger partial charge in [0, 0.05) is 19.5 Å². The maximum Gasteiger partial charge on any atom is 0.186 e. The highest BCUT2D eigenvalue weighted by atomic mass is 32.1. The van der Waals surface area contributed by atoms with Crippen LogP contribution in [0.5, 0.6) is 0 Å². The first-order valence-electron chi connectivity index (χ1n) is 5.44. The van der Waals surface area contributed by atoms with Crippen LogP contribution in [0.3, 0.4) is 0 Å². The molecule has 0 spiro atoms. The number of para-hydroxylation sites is 1. The van der Waals surface area contributed by atoms with Gasteiger partial charge in [0.05, 0.1) is 15.2 Å². The van der Waals surface area contributed by atoms with E-state index in [4.69, 9.17) is 18.0 Å². The van der Waals surface area contributed by atoms with Crippen molar-refractivity contribution >= 4 is 43.9 Å². The predicted molar refractivity (Wildman–Crippen MR) is 78.9 cm³/mol. The van der Waals surface area contributed by atoms with Crippen LogP contribution in [0.2, 0.25) is 0 Å². The Labute approximate surface area is 110 Å². The van der Waals surface area contributed by atoms with Crippen molar-refractivity contribution in [3.63, 3.8) is 0 Å². The van der Waals surface area contributed by atoms with Crippen molar-refractivity contribution in [1.29, 1.82) is 0 Å². The van der Waals surface area contributed by atoms with Crippen LogP contribution in [-0.2, 0) is 0 Å². The second-order valence-electron chi connectivity index (χ2n) is 4.09. The number of rotatable bonds is 4. The summed E-state index contributed by atoms with van der Waals surface area (Å²) in [5, 5.41) is 1.01. The van der Waals surface area contributed by atoms with Gasteiger partial charge < -0.3 is 10.6 Å². The molecule has 0 aliphatic carbocycles. The van der Waals surface area contributed by atoms with Gasteiger partial charge in [0.15, 0.2) is 5.13 Å². The van der Waals surface area contributed by atoms with Crippen molar-refractivity contribution in [2.45, 2.75) is 19.4 Å². The van der Waals surface area contributed by atoms with Gasteiger partial charge in [-0.2, -0.15) is 0 Å². The van der Waals surface area contributed by atoms with E-state index in [1.165, 1.54) is 4.70 Å². The van der Waals surface area contributed by atoms with Gasteiger partial charge >= 0.3 is 0 Å². The number of nitrogens with zero attached hydrogens (tertiary/aromatic N) is 2. The number of nitrogens with two attached hydrogens (primary N) is 1. The highest BCUT2D eigenvalue weighted by Crippen LogP contribution is 2.29. The van der Waals surface area contributed by atoms with Gasteiger partial charge in [-0.1, -0.05) is 35.7 Å². The van der Waals surface area contributed by atoms with Crippen molar-refractivity contribution in [2.24, 2.45) is 5.73 Å². The fourth-order valence-corrected chi connectivity index (χ4v) is 2.90. The normalized spacial score (nSPS) is 12.6. The maximum absolute atomic E-state index is 5.57. The lowest BCUT2D eigenvalue weighted by Gasteiger charge is -2.23. The minimum Gasteiger partial charge on any atom is -0.393 e. The molecule has 17 heavy (non-hydrogen) atoms. The summed E-state index contributed by atoms with van der Waals surface area (Å²) >= 11 is 6.63. The Morgan fingerprint density at radius 2 is 2.24 bits per heavy atom. The van der Waals surface area contributed by atoms with E-state index in [0.717, 1.165) is 10.6 Å². The van der Waals surface area contributed by atoms with E-state index in [-0.39, 0.29) is 6.04 Å². The van der Waals surface area contributed by atoms with E-state index in [1.54, 1.807) is 11.3 Å². The molecule has 2 rings (SSSR count). The quantitative estimate of drug-likeness (QED) is 0.863. The third kappa shape index (κ3) is 2.73. The number of hydrogen-bond donors (Lipinski definition) is 1. The van der Waals surface area contributed by atoms with Crippen LogP contribution in [-0.4, -0.2) is 23.1 Å². The molecule has 1 unspecified atom stereocenters. The molecule has 0 amide bonds. The molecule has 1 aromatic carbocycles. The summed E-state index contributed by atoms with van der Waals surface area (Å²) in [7, 11) is 2.03. The molecule has 90 valence electrons. The van der Waals surface area contributed by atoms with Crippen LogP contribution in [0.25, 0.3) is 10.2 Å². The fourth-order valence-electron chi connectivity index (χ4n) is 1.63. The molecule has 5 heteroatoms. The summed E-state index contributed by atoms with van der Waals surface area (Å²) in [6.45, 7) is 2.10. The van der Waals surface area contributed by atoms with Crippen molar-refractivity contribution in [3.8, 4) is 0 Å². The Kier molecular flexibility index (Phi) is 3.59. The molecule has 0 aliphatic heterocycles. The number of aromatic nitrogens is 1. The van der Waals surface area contributed by atoms with Gasteiger partial charge in [0.1, 0.15) is 0 Å². The summed E-state index contributed by atoms with van der Waals surface area (Å²) in [6.07, 6.45) is 0.710. The topological polar surface area (TPSA) is 42.1 Å². The molecule has 0 saturated carbocycles. The van der Waals surface area contributed by atoms with Crippen molar-refractivity contribution in [2.75, 3.05) is 11.9 Å². The van der Waals surface area contributed by atoms with Gasteiger partial charge in [0.2, 0.25) is 0 Å². The van der Waals surface area contributed by atoms with E-state index < -0.39 is 0 Å². The number of fused-ring (bicyclic) bond motifs is 1. The average Bonchev–Trinajstić information content (AvgIpc) is 2.70. The Balaban J connectivity index is 2.24. The maximum atomic E-state index is 5.57. The summed E-state index contributed by atoms with van der Waals surface area (Å²) in [5.74, 6) is 0. The van der Waals surface area contributed by atoms with Crippen molar-refractivity contribution in [3.05, 3.63) is 24.3 Å². The van der Waals surface area contributed by atoms with Crippen LogP contribution >= 0.6 is 23.6 Å². The van der Waals surface area contributed by atoms with E-state index in [1.807, 2.05) is 25.2 Å². The fraction of sp³-hybridized carbons (Fsp3) is 0.333.